The highest BCUT2D eigenvalue weighted by Gasteiger charge is 2.44. The second-order valence-corrected chi connectivity index (χ2v) is 6.86. The Morgan fingerprint density at radius 3 is 2.88 bits per heavy atom. The van der Waals surface area contributed by atoms with Crippen LogP contribution in [-0.4, -0.2) is 34.3 Å². The first kappa shape index (κ1) is 19.1. The smallest absolute Gasteiger partial charge is 0.191 e. The van der Waals surface area contributed by atoms with Crippen molar-refractivity contribution >= 4 is 29.9 Å². The van der Waals surface area contributed by atoms with Gasteiger partial charge in [-0.2, -0.15) is 0 Å². The molecule has 26 heavy (non-hydrogen) atoms. The van der Waals surface area contributed by atoms with Crippen molar-refractivity contribution < 1.29 is 4.39 Å². The van der Waals surface area contributed by atoms with Crippen molar-refractivity contribution in [2.24, 2.45) is 4.99 Å². The first-order valence-electron chi connectivity index (χ1n) is 8.82. The Labute approximate surface area is 169 Å². The molecule has 1 aliphatic heterocycles. The van der Waals surface area contributed by atoms with Gasteiger partial charge in [0.05, 0.1) is 6.54 Å². The van der Waals surface area contributed by atoms with Crippen LogP contribution in [0.5, 0.6) is 0 Å². The highest BCUT2D eigenvalue weighted by Crippen LogP contribution is 2.47. The maximum atomic E-state index is 13.5. The van der Waals surface area contributed by atoms with Gasteiger partial charge in [0.15, 0.2) is 11.8 Å². The maximum absolute atomic E-state index is 13.5. The van der Waals surface area contributed by atoms with Crippen LogP contribution in [0.4, 0.5) is 4.39 Å². The Morgan fingerprint density at radius 1 is 1.31 bits per heavy atom. The first-order chi connectivity index (χ1) is 12.2. The number of nitrogens with one attached hydrogen (secondary N) is 2. The Balaban J connectivity index is 0.00000196. The number of benzene rings is 1. The van der Waals surface area contributed by atoms with E-state index >= 15 is 0 Å². The Hall–Kier alpha value is -1.71. The van der Waals surface area contributed by atoms with Crippen LogP contribution in [0.2, 0.25) is 0 Å². The average Bonchev–Trinajstić information content (AvgIpc) is 3.09. The lowest BCUT2D eigenvalue weighted by atomic mass is 9.96. The molecule has 0 amide bonds. The zero-order valence-electron chi connectivity index (χ0n) is 14.8. The molecule has 1 aromatic carbocycles. The lowest BCUT2D eigenvalue weighted by Gasteiger charge is -2.19. The summed E-state index contributed by atoms with van der Waals surface area (Å²) in [6, 6.07) is 6.92. The van der Waals surface area contributed by atoms with Crippen LogP contribution in [0.1, 0.15) is 36.5 Å². The molecule has 8 heteroatoms. The number of hydrogen-bond donors (Lipinski definition) is 2. The fourth-order valence-electron chi connectivity index (χ4n) is 3.51. The van der Waals surface area contributed by atoms with E-state index in [1.165, 1.54) is 6.07 Å². The van der Waals surface area contributed by atoms with Crippen molar-refractivity contribution in [2.45, 2.75) is 44.2 Å². The zero-order valence-corrected chi connectivity index (χ0v) is 17.2. The first-order valence-corrected chi connectivity index (χ1v) is 8.82. The molecule has 6 nitrogen and oxygen atoms in total. The molecule has 1 fully saturated rings. The third kappa shape index (κ3) is 3.84. The summed E-state index contributed by atoms with van der Waals surface area (Å²) in [5, 5.41) is 15.2. The molecule has 0 saturated heterocycles. The van der Waals surface area contributed by atoms with Crippen molar-refractivity contribution in [3.63, 3.8) is 0 Å². The Morgan fingerprint density at radius 2 is 2.15 bits per heavy atom. The summed E-state index contributed by atoms with van der Waals surface area (Å²) in [4.78, 5) is 4.29. The monoisotopic (exact) mass is 470 g/mol. The van der Waals surface area contributed by atoms with E-state index in [-0.39, 0.29) is 35.2 Å². The van der Waals surface area contributed by atoms with Crippen molar-refractivity contribution in [3.8, 4) is 0 Å². The minimum absolute atomic E-state index is 0. The molecule has 0 radical (unpaired) electrons. The summed E-state index contributed by atoms with van der Waals surface area (Å²) >= 11 is 0. The van der Waals surface area contributed by atoms with Gasteiger partial charge in [0.25, 0.3) is 0 Å². The van der Waals surface area contributed by atoms with Crippen LogP contribution in [0.15, 0.2) is 29.3 Å². The van der Waals surface area contributed by atoms with Crippen molar-refractivity contribution in [3.05, 3.63) is 47.3 Å². The summed E-state index contributed by atoms with van der Waals surface area (Å²) in [6.07, 6.45) is 4.29. The quantitative estimate of drug-likeness (QED) is 0.400. The number of guanidine groups is 1. The molecule has 2 aromatic rings. The van der Waals surface area contributed by atoms with E-state index < -0.39 is 0 Å². The molecule has 1 aliphatic carbocycles. The van der Waals surface area contributed by atoms with E-state index in [9.17, 15) is 4.39 Å². The number of fused-ring (bicyclic) bond motifs is 1. The van der Waals surface area contributed by atoms with Gasteiger partial charge in [0.2, 0.25) is 0 Å². The van der Waals surface area contributed by atoms with Crippen LogP contribution in [0.3, 0.4) is 0 Å². The van der Waals surface area contributed by atoms with Gasteiger partial charge in [-0.15, -0.1) is 34.2 Å². The molecule has 4 rings (SSSR count). The van der Waals surface area contributed by atoms with E-state index in [0.717, 1.165) is 61.9 Å². The minimum atomic E-state index is -0.174. The third-order valence-electron chi connectivity index (χ3n) is 5.21. The highest BCUT2D eigenvalue weighted by atomic mass is 127. The minimum Gasteiger partial charge on any atom is -0.356 e. The van der Waals surface area contributed by atoms with Gasteiger partial charge in [-0.3, -0.25) is 4.99 Å². The van der Waals surface area contributed by atoms with Crippen LogP contribution >= 0.6 is 24.0 Å². The molecular weight excluding hydrogens is 446 g/mol. The van der Waals surface area contributed by atoms with Gasteiger partial charge in [-0.05, 0) is 37.0 Å². The molecule has 1 aromatic heterocycles. The number of aliphatic imine (C=N–C) groups is 1. The van der Waals surface area contributed by atoms with Gasteiger partial charge in [-0.1, -0.05) is 12.1 Å². The van der Waals surface area contributed by atoms with Gasteiger partial charge in [0.1, 0.15) is 11.6 Å². The van der Waals surface area contributed by atoms with E-state index in [1.807, 2.05) is 6.07 Å². The Kier molecular flexibility index (Phi) is 5.79. The second-order valence-electron chi connectivity index (χ2n) is 6.86. The summed E-state index contributed by atoms with van der Waals surface area (Å²) < 4.78 is 15.7. The molecule has 0 bridgehead atoms. The van der Waals surface area contributed by atoms with Crippen LogP contribution in [0.25, 0.3) is 0 Å². The molecule has 2 N–H and O–H groups in total. The predicted octanol–water partition coefficient (Wildman–Crippen LogP) is 2.38. The number of aromatic nitrogens is 3. The lowest BCUT2D eigenvalue weighted by molar-refractivity contribution is 0.605. The van der Waals surface area contributed by atoms with E-state index in [1.54, 1.807) is 19.2 Å². The number of aryl methyl sites for hydroxylation is 1. The number of halogens is 2. The SMILES string of the molecule is CN=C(NCc1nnc2n1CCC2)NCC1(c2cccc(F)c2)CC1.I. The molecule has 0 unspecified atom stereocenters. The number of nitrogens with zero attached hydrogens (tertiary/aromatic N) is 4. The summed E-state index contributed by atoms with van der Waals surface area (Å²) in [6.45, 7) is 2.34. The largest absolute Gasteiger partial charge is 0.356 e. The maximum Gasteiger partial charge on any atom is 0.191 e. The van der Waals surface area contributed by atoms with E-state index in [0.29, 0.717) is 6.54 Å². The van der Waals surface area contributed by atoms with Crippen molar-refractivity contribution in [1.82, 2.24) is 25.4 Å². The summed E-state index contributed by atoms with van der Waals surface area (Å²) in [7, 11) is 1.76. The molecule has 2 heterocycles. The normalized spacial score (nSPS) is 17.4. The zero-order chi connectivity index (χ0) is 17.3. The van der Waals surface area contributed by atoms with Gasteiger partial charge >= 0.3 is 0 Å². The topological polar surface area (TPSA) is 67.1 Å². The standard InChI is InChI=1S/C18H23FN6.HI/c1-20-17(21-11-16-24-23-15-6-3-9-25(15)16)22-12-18(7-8-18)13-4-2-5-14(19)10-13;/h2,4-5,10H,3,6-9,11-12H2,1H3,(H2,20,21,22);1H. The van der Waals surface area contributed by atoms with E-state index in [2.05, 4.69) is 30.4 Å². The Bertz CT molecular complexity index is 799. The molecule has 0 spiro atoms. The highest BCUT2D eigenvalue weighted by molar-refractivity contribution is 14.0. The fourth-order valence-corrected chi connectivity index (χ4v) is 3.51. The molecular formula is C18H24FIN6. The predicted molar refractivity (Wildman–Crippen MR) is 109 cm³/mol. The van der Waals surface area contributed by atoms with Gasteiger partial charge in [0, 0.05) is 32.0 Å². The molecule has 140 valence electrons. The molecule has 1 saturated carbocycles. The summed E-state index contributed by atoms with van der Waals surface area (Å²) in [5.74, 6) is 2.58. The fraction of sp³-hybridized carbons (Fsp3) is 0.500. The van der Waals surface area contributed by atoms with Crippen LogP contribution in [-0.2, 0) is 24.9 Å². The third-order valence-corrected chi connectivity index (χ3v) is 5.21. The average molecular weight is 470 g/mol. The van der Waals surface area contributed by atoms with Gasteiger partial charge in [-0.25, -0.2) is 4.39 Å². The summed E-state index contributed by atoms with van der Waals surface area (Å²) in [5.41, 5.74) is 1.08. The number of hydrogen-bond acceptors (Lipinski definition) is 3. The second kappa shape index (κ2) is 7.89. The molecule has 2 aliphatic rings. The van der Waals surface area contributed by atoms with E-state index in [4.69, 9.17) is 0 Å². The van der Waals surface area contributed by atoms with Crippen LogP contribution < -0.4 is 10.6 Å². The molecule has 0 atom stereocenters. The lowest BCUT2D eigenvalue weighted by Crippen LogP contribution is -2.41. The van der Waals surface area contributed by atoms with Crippen molar-refractivity contribution in [1.29, 1.82) is 0 Å². The van der Waals surface area contributed by atoms with Crippen LogP contribution in [0, 0.1) is 5.82 Å². The number of rotatable bonds is 5. The van der Waals surface area contributed by atoms with Gasteiger partial charge < -0.3 is 15.2 Å². The van der Waals surface area contributed by atoms with Crippen molar-refractivity contribution in [2.75, 3.05) is 13.6 Å².